The minimum absolute atomic E-state index is 0.0918. The molecular formula is C24H22ClN3O2. The summed E-state index contributed by atoms with van der Waals surface area (Å²) in [4.78, 5) is 4.87. The van der Waals surface area contributed by atoms with Gasteiger partial charge in [0, 0.05) is 5.02 Å². The predicted octanol–water partition coefficient (Wildman–Crippen LogP) is 5.85. The number of hydrogen-bond acceptors (Lipinski definition) is 4. The summed E-state index contributed by atoms with van der Waals surface area (Å²) in [6.45, 7) is 0. The molecule has 5 nitrogen and oxygen atoms in total. The Hall–Kier alpha value is -3.18. The molecule has 1 N–H and O–H groups in total. The van der Waals surface area contributed by atoms with E-state index in [9.17, 15) is 0 Å². The summed E-state index contributed by atoms with van der Waals surface area (Å²) in [5.41, 5.74) is 4.41. The molecule has 0 radical (unpaired) electrons. The summed E-state index contributed by atoms with van der Waals surface area (Å²) >= 11 is 6.11. The molecule has 0 aliphatic carbocycles. The summed E-state index contributed by atoms with van der Waals surface area (Å²) in [5.74, 6) is 2.31. The van der Waals surface area contributed by atoms with Crippen LogP contribution in [-0.4, -0.2) is 23.8 Å². The van der Waals surface area contributed by atoms with Gasteiger partial charge in [0.1, 0.15) is 0 Å². The molecule has 6 heteroatoms. The third-order valence-corrected chi connectivity index (χ3v) is 5.99. The summed E-state index contributed by atoms with van der Waals surface area (Å²) in [5, 5.41) is 4.36. The van der Waals surface area contributed by atoms with Crippen molar-refractivity contribution >= 4 is 28.6 Å². The number of halogens is 1. The zero-order valence-corrected chi connectivity index (χ0v) is 17.6. The number of nitrogens with zero attached hydrogens (tertiary/aromatic N) is 2. The topological polar surface area (TPSA) is 48.3 Å². The Morgan fingerprint density at radius 3 is 2.43 bits per heavy atom. The average molecular weight is 420 g/mol. The quantitative estimate of drug-likeness (QED) is 0.450. The number of ether oxygens (including phenoxy) is 2. The van der Waals surface area contributed by atoms with E-state index in [1.165, 1.54) is 5.56 Å². The second kappa shape index (κ2) is 7.58. The van der Waals surface area contributed by atoms with E-state index < -0.39 is 0 Å². The van der Waals surface area contributed by atoms with Crippen LogP contribution in [0.25, 0.3) is 11.0 Å². The highest BCUT2D eigenvalue weighted by Gasteiger charge is 2.31. The number of hydrogen-bond donors (Lipinski definition) is 1. The van der Waals surface area contributed by atoms with Crippen LogP contribution in [0, 0.1) is 0 Å². The van der Waals surface area contributed by atoms with Gasteiger partial charge in [0.05, 0.1) is 37.3 Å². The number of anilines is 1. The van der Waals surface area contributed by atoms with Crippen molar-refractivity contribution in [3.8, 4) is 11.5 Å². The van der Waals surface area contributed by atoms with Gasteiger partial charge >= 0.3 is 0 Å². The van der Waals surface area contributed by atoms with Gasteiger partial charge in [-0.15, -0.1) is 0 Å². The number of aromatic nitrogens is 2. The largest absolute Gasteiger partial charge is 0.493 e. The van der Waals surface area contributed by atoms with Crippen molar-refractivity contribution in [3.05, 3.63) is 82.9 Å². The predicted molar refractivity (Wildman–Crippen MR) is 120 cm³/mol. The van der Waals surface area contributed by atoms with Gasteiger partial charge in [0.15, 0.2) is 11.5 Å². The zero-order chi connectivity index (χ0) is 20.7. The molecule has 1 aromatic heterocycles. The Morgan fingerprint density at radius 2 is 1.67 bits per heavy atom. The maximum atomic E-state index is 6.11. The Balaban J connectivity index is 1.65. The molecule has 0 bridgehead atoms. The van der Waals surface area contributed by atoms with E-state index in [1.807, 2.05) is 36.4 Å². The van der Waals surface area contributed by atoms with E-state index in [-0.39, 0.29) is 12.1 Å². The van der Waals surface area contributed by atoms with Crippen LogP contribution >= 0.6 is 11.6 Å². The molecule has 0 amide bonds. The lowest BCUT2D eigenvalue weighted by molar-refractivity contribution is 0.353. The highest BCUT2D eigenvalue weighted by molar-refractivity contribution is 6.30. The first-order chi connectivity index (χ1) is 14.7. The normalized spacial score (nSPS) is 18.0. The molecule has 0 fully saturated rings. The van der Waals surface area contributed by atoms with Gasteiger partial charge in [-0.25, -0.2) is 4.98 Å². The van der Waals surface area contributed by atoms with Gasteiger partial charge in [0.25, 0.3) is 0 Å². The van der Waals surface area contributed by atoms with Crippen molar-refractivity contribution in [2.75, 3.05) is 19.5 Å². The van der Waals surface area contributed by atoms with Crippen molar-refractivity contribution < 1.29 is 9.47 Å². The molecule has 2 heterocycles. The molecule has 0 unspecified atom stereocenters. The highest BCUT2D eigenvalue weighted by Crippen LogP contribution is 2.43. The molecule has 2 atom stereocenters. The highest BCUT2D eigenvalue weighted by atomic mass is 35.5. The minimum Gasteiger partial charge on any atom is -0.493 e. The maximum Gasteiger partial charge on any atom is 0.204 e. The molecule has 3 aromatic carbocycles. The molecule has 4 aromatic rings. The van der Waals surface area contributed by atoms with Gasteiger partial charge in [-0.1, -0.05) is 41.9 Å². The first-order valence-electron chi connectivity index (χ1n) is 9.89. The second-order valence-corrected chi connectivity index (χ2v) is 7.84. The fourth-order valence-corrected chi connectivity index (χ4v) is 4.39. The lowest BCUT2D eigenvalue weighted by atomic mass is 9.92. The van der Waals surface area contributed by atoms with Gasteiger partial charge in [0.2, 0.25) is 5.95 Å². The number of para-hydroxylation sites is 2. The summed E-state index contributed by atoms with van der Waals surface area (Å²) in [6, 6.07) is 22.6. The molecule has 5 rings (SSSR count). The molecule has 1 aliphatic rings. The van der Waals surface area contributed by atoms with Crippen LogP contribution in [0.4, 0.5) is 5.95 Å². The maximum absolute atomic E-state index is 6.11. The van der Waals surface area contributed by atoms with Crippen LogP contribution in [0.5, 0.6) is 11.5 Å². The van der Waals surface area contributed by atoms with Gasteiger partial charge in [-0.3, -0.25) is 0 Å². The van der Waals surface area contributed by atoms with Crippen LogP contribution < -0.4 is 14.8 Å². The molecule has 0 saturated carbocycles. The lowest BCUT2D eigenvalue weighted by Gasteiger charge is -2.33. The van der Waals surface area contributed by atoms with E-state index in [0.717, 1.165) is 45.5 Å². The van der Waals surface area contributed by atoms with Crippen molar-refractivity contribution in [1.82, 2.24) is 9.55 Å². The first-order valence-corrected chi connectivity index (χ1v) is 10.3. The molecule has 1 aliphatic heterocycles. The van der Waals surface area contributed by atoms with Crippen molar-refractivity contribution in [1.29, 1.82) is 0 Å². The zero-order valence-electron chi connectivity index (χ0n) is 16.8. The smallest absolute Gasteiger partial charge is 0.204 e. The Labute approximate surface area is 180 Å². The van der Waals surface area contributed by atoms with Gasteiger partial charge < -0.3 is 19.4 Å². The number of benzene rings is 3. The standard InChI is InChI=1S/C24H22ClN3O2/c1-29-22-12-9-16(13-23(22)30-2)21-14-19(15-7-10-17(25)11-8-15)27-24-26-18-5-3-4-6-20(18)28(21)24/h3-13,19,21H,14H2,1-2H3,(H,26,27)/t19-,21-/m0/s1. The summed E-state index contributed by atoms with van der Waals surface area (Å²) < 4.78 is 13.3. The van der Waals surface area contributed by atoms with E-state index in [0.29, 0.717) is 0 Å². The molecule has 152 valence electrons. The summed E-state index contributed by atoms with van der Waals surface area (Å²) in [6.07, 6.45) is 0.866. The fourth-order valence-electron chi connectivity index (χ4n) is 4.26. The van der Waals surface area contributed by atoms with Crippen LogP contribution in [0.1, 0.15) is 29.6 Å². The van der Waals surface area contributed by atoms with Crippen LogP contribution in [0.2, 0.25) is 5.02 Å². The van der Waals surface area contributed by atoms with E-state index >= 15 is 0 Å². The Bertz CT molecular complexity index is 1200. The molecule has 30 heavy (non-hydrogen) atoms. The third-order valence-electron chi connectivity index (χ3n) is 5.73. The number of rotatable bonds is 4. The first kappa shape index (κ1) is 18.8. The van der Waals surface area contributed by atoms with Crippen LogP contribution in [0.15, 0.2) is 66.7 Å². The third kappa shape index (κ3) is 3.15. The molecule has 0 saturated heterocycles. The monoisotopic (exact) mass is 419 g/mol. The Kier molecular flexibility index (Phi) is 4.75. The number of fused-ring (bicyclic) bond motifs is 3. The SMILES string of the molecule is COc1ccc([C@@H]2C[C@@H](c3ccc(Cl)cc3)Nc3nc4ccccc4n32)cc1OC. The van der Waals surface area contributed by atoms with Gasteiger partial charge in [-0.2, -0.15) is 0 Å². The molecular weight excluding hydrogens is 398 g/mol. The minimum atomic E-state index is 0.0918. The van der Waals surface area contributed by atoms with Crippen LogP contribution in [0.3, 0.4) is 0 Å². The number of methoxy groups -OCH3 is 2. The number of nitrogens with one attached hydrogen (secondary N) is 1. The van der Waals surface area contributed by atoms with Crippen molar-refractivity contribution in [2.24, 2.45) is 0 Å². The average Bonchev–Trinajstić information content (AvgIpc) is 3.17. The van der Waals surface area contributed by atoms with Gasteiger partial charge in [-0.05, 0) is 53.9 Å². The van der Waals surface area contributed by atoms with Crippen molar-refractivity contribution in [3.63, 3.8) is 0 Å². The molecule has 0 spiro atoms. The van der Waals surface area contributed by atoms with E-state index in [1.54, 1.807) is 14.2 Å². The van der Waals surface area contributed by atoms with E-state index in [2.05, 4.69) is 40.2 Å². The fraction of sp³-hybridized carbons (Fsp3) is 0.208. The van der Waals surface area contributed by atoms with Crippen molar-refractivity contribution in [2.45, 2.75) is 18.5 Å². The second-order valence-electron chi connectivity index (χ2n) is 7.41. The number of imidazole rings is 1. The Morgan fingerprint density at radius 1 is 0.933 bits per heavy atom. The van der Waals surface area contributed by atoms with E-state index in [4.69, 9.17) is 26.1 Å². The lowest BCUT2D eigenvalue weighted by Crippen LogP contribution is -2.27. The summed E-state index contributed by atoms with van der Waals surface area (Å²) in [7, 11) is 3.32. The van der Waals surface area contributed by atoms with Crippen LogP contribution in [-0.2, 0) is 0 Å².